The Hall–Kier alpha value is -2.03. The standard InChI is InChI=1S/C18H22O3/c1-12(2)6-7-13-10-15(17(19)20-5)11-14-8-9-18(3,4)21-16(13)14/h6,8-11H,7H2,1-5H3. The zero-order chi connectivity index (χ0) is 15.6. The highest BCUT2D eigenvalue weighted by Crippen LogP contribution is 2.35. The smallest absolute Gasteiger partial charge is 0.337 e. The molecule has 0 fully saturated rings. The van der Waals surface area contributed by atoms with Gasteiger partial charge in [-0.05, 0) is 57.9 Å². The van der Waals surface area contributed by atoms with Gasteiger partial charge < -0.3 is 9.47 Å². The van der Waals surface area contributed by atoms with E-state index in [1.165, 1.54) is 12.7 Å². The van der Waals surface area contributed by atoms with Gasteiger partial charge in [0, 0.05) is 5.56 Å². The lowest BCUT2D eigenvalue weighted by atomic mass is 9.96. The summed E-state index contributed by atoms with van der Waals surface area (Å²) in [7, 11) is 1.40. The number of hydrogen-bond donors (Lipinski definition) is 0. The van der Waals surface area contributed by atoms with Crippen molar-refractivity contribution < 1.29 is 14.3 Å². The van der Waals surface area contributed by atoms with E-state index < -0.39 is 0 Å². The molecule has 0 spiro atoms. The minimum absolute atomic E-state index is 0.325. The van der Waals surface area contributed by atoms with Crippen LogP contribution >= 0.6 is 0 Å². The van der Waals surface area contributed by atoms with Gasteiger partial charge in [0.25, 0.3) is 0 Å². The highest BCUT2D eigenvalue weighted by molar-refractivity contribution is 5.91. The van der Waals surface area contributed by atoms with Crippen LogP contribution in [0.2, 0.25) is 0 Å². The number of esters is 1. The number of ether oxygens (including phenoxy) is 2. The molecule has 0 bridgehead atoms. The first kappa shape index (κ1) is 15.4. The van der Waals surface area contributed by atoms with Crippen LogP contribution in [-0.2, 0) is 11.2 Å². The number of methoxy groups -OCH3 is 1. The van der Waals surface area contributed by atoms with Gasteiger partial charge in [-0.15, -0.1) is 0 Å². The second kappa shape index (κ2) is 5.76. The summed E-state index contributed by atoms with van der Waals surface area (Å²) in [4.78, 5) is 11.8. The van der Waals surface area contributed by atoms with Gasteiger partial charge in [-0.2, -0.15) is 0 Å². The third-order valence-electron chi connectivity index (χ3n) is 3.38. The summed E-state index contributed by atoms with van der Waals surface area (Å²) in [6, 6.07) is 3.68. The molecule has 0 aliphatic carbocycles. The summed E-state index contributed by atoms with van der Waals surface area (Å²) in [5.74, 6) is 0.530. The van der Waals surface area contributed by atoms with Crippen molar-refractivity contribution in [3.8, 4) is 5.75 Å². The lowest BCUT2D eigenvalue weighted by molar-refractivity contribution is 0.0600. The topological polar surface area (TPSA) is 35.5 Å². The Kier molecular flexibility index (Phi) is 4.21. The Labute approximate surface area is 126 Å². The van der Waals surface area contributed by atoms with Crippen LogP contribution in [0.5, 0.6) is 5.75 Å². The first-order chi connectivity index (χ1) is 9.82. The van der Waals surface area contributed by atoms with Gasteiger partial charge in [-0.25, -0.2) is 4.79 Å². The van der Waals surface area contributed by atoms with Crippen molar-refractivity contribution in [3.63, 3.8) is 0 Å². The molecule has 0 saturated carbocycles. The number of fused-ring (bicyclic) bond motifs is 1. The largest absolute Gasteiger partial charge is 0.483 e. The number of hydrogen-bond acceptors (Lipinski definition) is 3. The Morgan fingerprint density at radius 2 is 2.05 bits per heavy atom. The van der Waals surface area contributed by atoms with Gasteiger partial charge in [0.05, 0.1) is 12.7 Å². The molecule has 3 nitrogen and oxygen atoms in total. The number of rotatable bonds is 3. The summed E-state index contributed by atoms with van der Waals surface area (Å²) in [6.45, 7) is 8.15. The molecule has 0 N–H and O–H groups in total. The fourth-order valence-electron chi connectivity index (χ4n) is 2.25. The number of benzene rings is 1. The summed E-state index contributed by atoms with van der Waals surface area (Å²) in [5.41, 5.74) is 3.39. The van der Waals surface area contributed by atoms with Crippen LogP contribution in [0, 0.1) is 0 Å². The molecule has 21 heavy (non-hydrogen) atoms. The van der Waals surface area contributed by atoms with Crippen LogP contribution in [0.25, 0.3) is 6.08 Å². The Balaban J connectivity index is 2.53. The maximum Gasteiger partial charge on any atom is 0.337 e. The highest BCUT2D eigenvalue weighted by atomic mass is 16.5. The number of carbonyl (C=O) groups is 1. The summed E-state index contributed by atoms with van der Waals surface area (Å²) < 4.78 is 10.9. The van der Waals surface area contributed by atoms with Gasteiger partial charge in [0.15, 0.2) is 0 Å². The van der Waals surface area contributed by atoms with Crippen LogP contribution < -0.4 is 4.74 Å². The average molecular weight is 286 g/mol. The van der Waals surface area contributed by atoms with E-state index in [-0.39, 0.29) is 11.6 Å². The molecule has 1 heterocycles. The minimum Gasteiger partial charge on any atom is -0.483 e. The second-order valence-corrected chi connectivity index (χ2v) is 6.07. The summed E-state index contributed by atoms with van der Waals surface area (Å²) >= 11 is 0. The lowest BCUT2D eigenvalue weighted by Gasteiger charge is -2.29. The van der Waals surface area contributed by atoms with E-state index in [4.69, 9.17) is 9.47 Å². The van der Waals surface area contributed by atoms with Gasteiger partial charge in [-0.1, -0.05) is 17.7 Å². The first-order valence-electron chi connectivity index (χ1n) is 7.09. The molecule has 0 aromatic heterocycles. The van der Waals surface area contributed by atoms with Crippen molar-refractivity contribution in [2.24, 2.45) is 0 Å². The summed E-state index contributed by atoms with van der Waals surface area (Å²) in [6.07, 6.45) is 6.88. The van der Waals surface area contributed by atoms with Crippen LogP contribution in [0.3, 0.4) is 0 Å². The maximum absolute atomic E-state index is 11.8. The van der Waals surface area contributed by atoms with Crippen molar-refractivity contribution >= 4 is 12.0 Å². The molecule has 3 heteroatoms. The maximum atomic E-state index is 11.8. The fourth-order valence-corrected chi connectivity index (χ4v) is 2.25. The quantitative estimate of drug-likeness (QED) is 0.618. The van der Waals surface area contributed by atoms with E-state index in [1.54, 1.807) is 0 Å². The van der Waals surface area contributed by atoms with E-state index in [0.29, 0.717) is 5.56 Å². The van der Waals surface area contributed by atoms with Crippen molar-refractivity contribution in [2.75, 3.05) is 7.11 Å². The van der Waals surface area contributed by atoms with Crippen LogP contribution in [0.1, 0.15) is 49.2 Å². The molecule has 1 aromatic carbocycles. The first-order valence-corrected chi connectivity index (χ1v) is 7.09. The van der Waals surface area contributed by atoms with E-state index in [0.717, 1.165) is 23.3 Å². The van der Waals surface area contributed by atoms with E-state index in [9.17, 15) is 4.79 Å². The van der Waals surface area contributed by atoms with Crippen molar-refractivity contribution in [1.29, 1.82) is 0 Å². The molecule has 0 amide bonds. The molecular formula is C18H22O3. The predicted octanol–water partition coefficient (Wildman–Crippen LogP) is 4.17. The number of allylic oxidation sites excluding steroid dienone is 2. The molecule has 0 atom stereocenters. The van der Waals surface area contributed by atoms with Gasteiger partial charge >= 0.3 is 5.97 Å². The Bertz CT molecular complexity index is 618. The lowest BCUT2D eigenvalue weighted by Crippen LogP contribution is -2.28. The van der Waals surface area contributed by atoms with Gasteiger partial charge in [0.1, 0.15) is 11.4 Å². The summed E-state index contributed by atoms with van der Waals surface area (Å²) in [5, 5.41) is 0. The van der Waals surface area contributed by atoms with Gasteiger partial charge in [0.2, 0.25) is 0 Å². The molecule has 112 valence electrons. The zero-order valence-corrected chi connectivity index (χ0v) is 13.3. The minimum atomic E-state index is -0.334. The molecular weight excluding hydrogens is 264 g/mol. The third kappa shape index (κ3) is 3.54. The van der Waals surface area contributed by atoms with Gasteiger partial charge in [-0.3, -0.25) is 0 Å². The van der Waals surface area contributed by atoms with E-state index >= 15 is 0 Å². The second-order valence-electron chi connectivity index (χ2n) is 6.07. The van der Waals surface area contributed by atoms with E-state index in [1.807, 2.05) is 38.1 Å². The third-order valence-corrected chi connectivity index (χ3v) is 3.38. The molecule has 0 unspecified atom stereocenters. The normalized spacial score (nSPS) is 14.9. The molecule has 1 aliphatic heterocycles. The Morgan fingerprint density at radius 1 is 1.33 bits per heavy atom. The monoisotopic (exact) mass is 286 g/mol. The van der Waals surface area contributed by atoms with Crippen molar-refractivity contribution in [2.45, 2.75) is 39.7 Å². The van der Waals surface area contributed by atoms with Crippen LogP contribution in [0.15, 0.2) is 29.9 Å². The Morgan fingerprint density at radius 3 is 2.67 bits per heavy atom. The average Bonchev–Trinajstić information content (AvgIpc) is 2.43. The predicted molar refractivity (Wildman–Crippen MR) is 84.7 cm³/mol. The van der Waals surface area contributed by atoms with Crippen LogP contribution in [-0.4, -0.2) is 18.7 Å². The SMILES string of the molecule is COC(=O)c1cc2c(c(CC=C(C)C)c1)OC(C)(C)C=C2. The van der Waals surface area contributed by atoms with Crippen LogP contribution in [0.4, 0.5) is 0 Å². The molecule has 2 rings (SSSR count). The molecule has 1 aromatic rings. The highest BCUT2D eigenvalue weighted by Gasteiger charge is 2.25. The van der Waals surface area contributed by atoms with E-state index in [2.05, 4.69) is 19.9 Å². The fraction of sp³-hybridized carbons (Fsp3) is 0.389. The molecule has 0 radical (unpaired) electrons. The van der Waals surface area contributed by atoms with Crippen molar-refractivity contribution in [1.82, 2.24) is 0 Å². The molecule has 1 aliphatic rings. The van der Waals surface area contributed by atoms with Crippen molar-refractivity contribution in [3.05, 3.63) is 46.5 Å². The zero-order valence-electron chi connectivity index (χ0n) is 13.3. The molecule has 0 saturated heterocycles. The number of carbonyl (C=O) groups excluding carboxylic acids is 1.